The second kappa shape index (κ2) is 6.06. The van der Waals surface area contributed by atoms with Gasteiger partial charge in [-0.2, -0.15) is 5.26 Å². The number of hydrogen-bond donors (Lipinski definition) is 1. The molecule has 0 unspecified atom stereocenters. The molecule has 0 aliphatic rings. The number of aryl methyl sites for hydroxylation is 1. The molecule has 0 saturated heterocycles. The highest BCUT2D eigenvalue weighted by Gasteiger charge is 2.19. The van der Waals surface area contributed by atoms with Crippen molar-refractivity contribution in [3.05, 3.63) is 57.0 Å². The predicted octanol–water partition coefficient (Wildman–Crippen LogP) is 4.08. The maximum atomic E-state index is 12.4. The van der Waals surface area contributed by atoms with Crippen LogP contribution < -0.4 is 4.72 Å². The molecule has 0 spiro atoms. The SMILES string of the molecule is Cc1ccc(Br)cc1NS(=O)(=O)c1ccc(C#N)cc1Cl. The predicted molar refractivity (Wildman–Crippen MR) is 85.9 cm³/mol. The van der Waals surface area contributed by atoms with E-state index in [0.717, 1.165) is 10.0 Å². The summed E-state index contributed by atoms with van der Waals surface area (Å²) >= 11 is 9.25. The highest BCUT2D eigenvalue weighted by atomic mass is 79.9. The van der Waals surface area contributed by atoms with Gasteiger partial charge in [0.2, 0.25) is 0 Å². The number of sulfonamides is 1. The highest BCUT2D eigenvalue weighted by Crippen LogP contribution is 2.27. The van der Waals surface area contributed by atoms with Gasteiger partial charge >= 0.3 is 0 Å². The van der Waals surface area contributed by atoms with Crippen molar-refractivity contribution < 1.29 is 8.42 Å². The molecule has 0 aromatic heterocycles. The van der Waals surface area contributed by atoms with Gasteiger partial charge < -0.3 is 0 Å². The van der Waals surface area contributed by atoms with Gasteiger partial charge in [-0.25, -0.2) is 8.42 Å². The van der Waals surface area contributed by atoms with Gasteiger partial charge in [-0.05, 0) is 42.8 Å². The summed E-state index contributed by atoms with van der Waals surface area (Å²) in [5, 5.41) is 8.79. The van der Waals surface area contributed by atoms with Crippen molar-refractivity contribution in [1.82, 2.24) is 0 Å². The topological polar surface area (TPSA) is 70.0 Å². The number of anilines is 1. The van der Waals surface area contributed by atoms with Gasteiger partial charge in [-0.15, -0.1) is 0 Å². The molecule has 7 heteroatoms. The molecule has 1 N–H and O–H groups in total. The smallest absolute Gasteiger partial charge is 0.263 e. The summed E-state index contributed by atoms with van der Waals surface area (Å²) in [6, 6.07) is 11.2. The first-order chi connectivity index (χ1) is 9.83. The lowest BCUT2D eigenvalue weighted by atomic mass is 10.2. The molecule has 21 heavy (non-hydrogen) atoms. The van der Waals surface area contributed by atoms with Crippen LogP contribution in [0.25, 0.3) is 0 Å². The maximum Gasteiger partial charge on any atom is 0.263 e. The van der Waals surface area contributed by atoms with E-state index >= 15 is 0 Å². The number of rotatable bonds is 3. The summed E-state index contributed by atoms with van der Waals surface area (Å²) in [6.45, 7) is 1.80. The van der Waals surface area contributed by atoms with Crippen LogP contribution in [-0.2, 0) is 10.0 Å². The maximum absolute atomic E-state index is 12.4. The third-order valence-corrected chi connectivity index (χ3v) is 5.14. The second-order valence-electron chi connectivity index (χ2n) is 4.32. The molecule has 0 heterocycles. The molecule has 0 amide bonds. The van der Waals surface area contributed by atoms with Crippen molar-refractivity contribution in [1.29, 1.82) is 5.26 Å². The third kappa shape index (κ3) is 3.56. The fourth-order valence-electron chi connectivity index (χ4n) is 1.69. The van der Waals surface area contributed by atoms with Crippen molar-refractivity contribution in [2.24, 2.45) is 0 Å². The Hall–Kier alpha value is -1.55. The fourth-order valence-corrected chi connectivity index (χ4v) is 3.72. The van der Waals surface area contributed by atoms with E-state index in [2.05, 4.69) is 20.7 Å². The lowest BCUT2D eigenvalue weighted by Gasteiger charge is -2.12. The van der Waals surface area contributed by atoms with E-state index in [0.29, 0.717) is 11.3 Å². The Morgan fingerprint density at radius 1 is 1.24 bits per heavy atom. The number of nitrogens with zero attached hydrogens (tertiary/aromatic N) is 1. The van der Waals surface area contributed by atoms with Crippen LogP contribution in [0.1, 0.15) is 11.1 Å². The van der Waals surface area contributed by atoms with Crippen LogP contribution in [0.4, 0.5) is 5.69 Å². The Balaban J connectivity index is 2.44. The monoisotopic (exact) mass is 384 g/mol. The van der Waals surface area contributed by atoms with E-state index in [4.69, 9.17) is 16.9 Å². The van der Waals surface area contributed by atoms with Gasteiger partial charge in [0.25, 0.3) is 10.0 Å². The van der Waals surface area contributed by atoms with Crippen molar-refractivity contribution in [3.8, 4) is 6.07 Å². The summed E-state index contributed by atoms with van der Waals surface area (Å²) in [5.41, 5.74) is 1.55. The Morgan fingerprint density at radius 3 is 2.57 bits per heavy atom. The average Bonchev–Trinajstić information content (AvgIpc) is 2.42. The van der Waals surface area contributed by atoms with Crippen LogP contribution in [0.3, 0.4) is 0 Å². The van der Waals surface area contributed by atoms with Gasteiger partial charge in [0.1, 0.15) is 4.90 Å². The quantitative estimate of drug-likeness (QED) is 0.865. The van der Waals surface area contributed by atoms with E-state index in [1.807, 2.05) is 12.1 Å². The van der Waals surface area contributed by atoms with Gasteiger partial charge in [-0.3, -0.25) is 4.72 Å². The van der Waals surface area contributed by atoms with Gasteiger partial charge in [0, 0.05) is 4.47 Å². The lowest BCUT2D eigenvalue weighted by Crippen LogP contribution is -2.14. The Bertz CT molecular complexity index is 845. The minimum absolute atomic E-state index is 0.00852. The third-order valence-electron chi connectivity index (χ3n) is 2.79. The number of benzene rings is 2. The molecule has 0 bridgehead atoms. The Labute approximate surface area is 136 Å². The summed E-state index contributed by atoms with van der Waals surface area (Å²) in [7, 11) is -3.82. The molecule has 2 aromatic rings. The molecule has 0 radical (unpaired) electrons. The molecule has 2 aromatic carbocycles. The van der Waals surface area contributed by atoms with Crippen molar-refractivity contribution in [3.63, 3.8) is 0 Å². The highest BCUT2D eigenvalue weighted by molar-refractivity contribution is 9.10. The van der Waals surface area contributed by atoms with Crippen molar-refractivity contribution in [2.75, 3.05) is 4.72 Å². The zero-order valence-corrected chi connectivity index (χ0v) is 14.1. The Morgan fingerprint density at radius 2 is 1.95 bits per heavy atom. The summed E-state index contributed by atoms with van der Waals surface area (Å²) in [6.07, 6.45) is 0. The standard InChI is InChI=1S/C14H10BrClN2O2S/c1-9-2-4-11(15)7-13(9)18-21(19,20)14-5-3-10(8-17)6-12(14)16/h2-7,18H,1H3. The van der Waals surface area contributed by atoms with Gasteiger partial charge in [-0.1, -0.05) is 33.6 Å². The molecule has 0 aliphatic heterocycles. The van der Waals surface area contributed by atoms with E-state index in [-0.39, 0.29) is 9.92 Å². The first kappa shape index (κ1) is 15.8. The van der Waals surface area contributed by atoms with Crippen LogP contribution in [0.5, 0.6) is 0 Å². The second-order valence-corrected chi connectivity index (χ2v) is 7.30. The number of halogens is 2. The summed E-state index contributed by atoms with van der Waals surface area (Å²) < 4.78 is 28.0. The molecule has 4 nitrogen and oxygen atoms in total. The van der Waals surface area contributed by atoms with Gasteiger partial charge in [0.05, 0.1) is 22.3 Å². The normalized spacial score (nSPS) is 11.0. The van der Waals surface area contributed by atoms with E-state index in [1.54, 1.807) is 19.1 Å². The van der Waals surface area contributed by atoms with E-state index < -0.39 is 10.0 Å². The zero-order valence-electron chi connectivity index (χ0n) is 10.9. The van der Waals surface area contributed by atoms with E-state index in [1.165, 1.54) is 18.2 Å². The van der Waals surface area contributed by atoms with Crippen LogP contribution in [0, 0.1) is 18.3 Å². The lowest BCUT2D eigenvalue weighted by molar-refractivity contribution is 0.601. The molecule has 0 saturated carbocycles. The van der Waals surface area contributed by atoms with Crippen LogP contribution in [0.15, 0.2) is 45.8 Å². The number of hydrogen-bond acceptors (Lipinski definition) is 3. The van der Waals surface area contributed by atoms with Gasteiger partial charge in [0.15, 0.2) is 0 Å². The van der Waals surface area contributed by atoms with Crippen LogP contribution in [-0.4, -0.2) is 8.42 Å². The minimum atomic E-state index is -3.82. The number of nitrogens with one attached hydrogen (secondary N) is 1. The molecule has 0 fully saturated rings. The molecular weight excluding hydrogens is 376 g/mol. The molecular formula is C14H10BrClN2O2S. The largest absolute Gasteiger partial charge is 0.279 e. The molecule has 2 rings (SSSR count). The summed E-state index contributed by atoms with van der Waals surface area (Å²) in [5.74, 6) is 0. The first-order valence-electron chi connectivity index (χ1n) is 5.82. The average molecular weight is 386 g/mol. The van der Waals surface area contributed by atoms with Crippen LogP contribution >= 0.6 is 27.5 Å². The fraction of sp³-hybridized carbons (Fsp3) is 0.0714. The summed E-state index contributed by atoms with van der Waals surface area (Å²) in [4.78, 5) is -0.0671. The zero-order chi connectivity index (χ0) is 15.6. The number of nitriles is 1. The van der Waals surface area contributed by atoms with E-state index in [9.17, 15) is 8.42 Å². The van der Waals surface area contributed by atoms with Crippen LogP contribution in [0.2, 0.25) is 5.02 Å². The molecule has 0 atom stereocenters. The van der Waals surface area contributed by atoms with Crippen molar-refractivity contribution >= 4 is 43.2 Å². The Kier molecular flexibility index (Phi) is 4.57. The minimum Gasteiger partial charge on any atom is -0.279 e. The van der Waals surface area contributed by atoms with Crippen molar-refractivity contribution in [2.45, 2.75) is 11.8 Å². The molecule has 108 valence electrons. The molecule has 0 aliphatic carbocycles. The first-order valence-corrected chi connectivity index (χ1v) is 8.47.